The van der Waals surface area contributed by atoms with Gasteiger partial charge in [0.25, 0.3) is 0 Å². The fourth-order valence-electron chi connectivity index (χ4n) is 1.44. The average Bonchev–Trinajstić information content (AvgIpc) is 3.12. The lowest BCUT2D eigenvalue weighted by Gasteiger charge is -2.10. The Balaban J connectivity index is 2.14. The summed E-state index contributed by atoms with van der Waals surface area (Å²) in [6, 6.07) is 5.50. The van der Waals surface area contributed by atoms with Crippen LogP contribution in [0.2, 0.25) is 0 Å². The van der Waals surface area contributed by atoms with Crippen molar-refractivity contribution < 1.29 is 21.0 Å². The number of thioether (sulfide) groups is 1. The van der Waals surface area contributed by atoms with Crippen LogP contribution in [0.3, 0.4) is 0 Å². The van der Waals surface area contributed by atoms with Gasteiger partial charge in [0.2, 0.25) is 0 Å². The molecule has 112 valence electrons. The van der Waals surface area contributed by atoms with Crippen molar-refractivity contribution in [2.24, 2.45) is 0 Å². The molecular formula is C12H16O5S3. The highest BCUT2D eigenvalue weighted by Gasteiger charge is 2.30. The number of hydrogen-bond donors (Lipinski definition) is 0. The Morgan fingerprint density at radius 2 is 1.75 bits per heavy atom. The molecular weight excluding hydrogens is 320 g/mol. The molecule has 1 unspecified atom stereocenters. The molecule has 5 nitrogen and oxygen atoms in total. The van der Waals surface area contributed by atoms with Gasteiger partial charge in [0, 0.05) is 11.0 Å². The maximum atomic E-state index is 12.0. The highest BCUT2D eigenvalue weighted by Crippen LogP contribution is 2.33. The first-order chi connectivity index (χ1) is 9.21. The van der Waals surface area contributed by atoms with E-state index in [1.165, 1.54) is 38.1 Å². The summed E-state index contributed by atoms with van der Waals surface area (Å²) in [5, 5.41) is -0.463. The summed E-state index contributed by atoms with van der Waals surface area (Å²) in [6.07, 6.45) is 0. The van der Waals surface area contributed by atoms with Gasteiger partial charge in [-0.1, -0.05) is 0 Å². The third-order valence-corrected chi connectivity index (χ3v) is 7.37. The van der Waals surface area contributed by atoms with Crippen LogP contribution in [-0.4, -0.2) is 38.8 Å². The van der Waals surface area contributed by atoms with E-state index in [1.54, 1.807) is 11.8 Å². The minimum atomic E-state index is -3.66. The van der Waals surface area contributed by atoms with E-state index < -0.39 is 25.2 Å². The van der Waals surface area contributed by atoms with Gasteiger partial charge in [-0.25, -0.2) is 8.42 Å². The van der Waals surface area contributed by atoms with Crippen LogP contribution in [0.25, 0.3) is 0 Å². The first-order valence-corrected chi connectivity index (χ1v) is 10.3. The quantitative estimate of drug-likeness (QED) is 0.581. The van der Waals surface area contributed by atoms with Crippen LogP contribution in [0.1, 0.15) is 13.8 Å². The molecule has 0 saturated carbocycles. The summed E-state index contributed by atoms with van der Waals surface area (Å²) < 4.78 is 52.1. The van der Waals surface area contributed by atoms with Crippen molar-refractivity contribution in [3.05, 3.63) is 24.3 Å². The Kier molecular flexibility index (Phi) is 4.36. The summed E-state index contributed by atoms with van der Waals surface area (Å²) >= 11 is 1.62. The van der Waals surface area contributed by atoms with Crippen molar-refractivity contribution in [2.75, 3.05) is 11.5 Å². The summed E-state index contributed by atoms with van der Waals surface area (Å²) in [5.41, 5.74) is 0. The predicted molar refractivity (Wildman–Crippen MR) is 79.4 cm³/mol. The number of hydrogen-bond acceptors (Lipinski definition) is 6. The SMILES string of the molecule is CC(C)S(=O)(=O)Oc1ccc(S(=O)(=O)CC2CS2)cc1. The molecule has 1 fully saturated rings. The molecule has 1 aromatic carbocycles. The van der Waals surface area contributed by atoms with Crippen LogP contribution >= 0.6 is 11.8 Å². The third-order valence-electron chi connectivity index (χ3n) is 2.78. The maximum absolute atomic E-state index is 12.0. The fourth-order valence-corrected chi connectivity index (χ4v) is 4.69. The summed E-state index contributed by atoms with van der Waals surface area (Å²) in [7, 11) is -6.96. The molecule has 0 spiro atoms. The first kappa shape index (κ1) is 15.7. The molecule has 0 aromatic heterocycles. The summed E-state index contributed by atoms with van der Waals surface area (Å²) in [4.78, 5) is 0.194. The standard InChI is InChI=1S/C12H16O5S3/c1-9(2)20(15,16)17-10-3-5-12(6-4-10)19(13,14)8-11-7-18-11/h3-6,9,11H,7-8H2,1-2H3. The molecule has 20 heavy (non-hydrogen) atoms. The Morgan fingerprint density at radius 1 is 1.20 bits per heavy atom. The lowest BCUT2D eigenvalue weighted by Crippen LogP contribution is -2.20. The third kappa shape index (κ3) is 3.89. The van der Waals surface area contributed by atoms with Gasteiger partial charge in [0.1, 0.15) is 5.75 Å². The van der Waals surface area contributed by atoms with Gasteiger partial charge in [-0.05, 0) is 38.1 Å². The molecule has 1 aromatic rings. The molecule has 0 amide bonds. The molecule has 0 aliphatic carbocycles. The lowest BCUT2D eigenvalue weighted by molar-refractivity contribution is 0.477. The van der Waals surface area contributed by atoms with E-state index in [-0.39, 0.29) is 21.6 Å². The van der Waals surface area contributed by atoms with Crippen molar-refractivity contribution in [3.63, 3.8) is 0 Å². The zero-order chi connectivity index (χ0) is 15.0. The van der Waals surface area contributed by atoms with Crippen LogP contribution in [0.15, 0.2) is 29.2 Å². The smallest absolute Gasteiger partial charge is 0.311 e. The Bertz CT molecular complexity index is 670. The normalized spacial score (nSPS) is 19.1. The molecule has 1 saturated heterocycles. The van der Waals surface area contributed by atoms with Crippen LogP contribution in [-0.2, 0) is 20.0 Å². The average molecular weight is 336 g/mol. The highest BCUT2D eigenvalue weighted by atomic mass is 32.2. The van der Waals surface area contributed by atoms with E-state index >= 15 is 0 Å². The van der Waals surface area contributed by atoms with Crippen LogP contribution in [0, 0.1) is 0 Å². The first-order valence-electron chi connectivity index (χ1n) is 6.08. The number of benzene rings is 1. The lowest BCUT2D eigenvalue weighted by atomic mass is 10.3. The topological polar surface area (TPSA) is 77.5 Å². The second-order valence-electron chi connectivity index (χ2n) is 4.83. The van der Waals surface area contributed by atoms with E-state index in [2.05, 4.69) is 0 Å². The second kappa shape index (κ2) is 5.57. The molecule has 2 rings (SSSR count). The zero-order valence-electron chi connectivity index (χ0n) is 11.1. The second-order valence-corrected chi connectivity index (χ2v) is 10.3. The molecule has 1 aliphatic rings. The summed E-state index contributed by atoms with van der Waals surface area (Å²) in [6.45, 7) is 3.03. The highest BCUT2D eigenvalue weighted by molar-refractivity contribution is 8.08. The van der Waals surface area contributed by atoms with Crippen molar-refractivity contribution in [1.29, 1.82) is 0 Å². The van der Waals surface area contributed by atoms with Crippen molar-refractivity contribution >= 4 is 31.7 Å². The summed E-state index contributed by atoms with van der Waals surface area (Å²) in [5.74, 6) is 1.13. The maximum Gasteiger partial charge on any atom is 0.311 e. The molecule has 0 N–H and O–H groups in total. The van der Waals surface area contributed by atoms with Gasteiger partial charge in [-0.3, -0.25) is 0 Å². The van der Waals surface area contributed by atoms with E-state index in [9.17, 15) is 16.8 Å². The molecule has 8 heteroatoms. The zero-order valence-corrected chi connectivity index (χ0v) is 13.6. The molecule has 0 bridgehead atoms. The Morgan fingerprint density at radius 3 is 2.20 bits per heavy atom. The Labute approximate surface area is 123 Å². The van der Waals surface area contributed by atoms with Crippen LogP contribution in [0.4, 0.5) is 0 Å². The van der Waals surface area contributed by atoms with Gasteiger partial charge in [0.05, 0.1) is 15.9 Å². The fraction of sp³-hybridized carbons (Fsp3) is 0.500. The predicted octanol–water partition coefficient (Wildman–Crippen LogP) is 1.69. The monoisotopic (exact) mass is 336 g/mol. The van der Waals surface area contributed by atoms with Gasteiger partial charge >= 0.3 is 10.1 Å². The van der Waals surface area contributed by atoms with Gasteiger partial charge in [-0.2, -0.15) is 20.2 Å². The largest absolute Gasteiger partial charge is 0.382 e. The minimum Gasteiger partial charge on any atom is -0.382 e. The van der Waals surface area contributed by atoms with Crippen molar-refractivity contribution in [2.45, 2.75) is 29.2 Å². The van der Waals surface area contributed by atoms with Crippen molar-refractivity contribution in [1.82, 2.24) is 0 Å². The van der Waals surface area contributed by atoms with E-state index in [4.69, 9.17) is 4.18 Å². The van der Waals surface area contributed by atoms with Crippen LogP contribution < -0.4 is 4.18 Å². The van der Waals surface area contributed by atoms with Crippen LogP contribution in [0.5, 0.6) is 5.75 Å². The number of sulfone groups is 1. The molecule has 0 radical (unpaired) electrons. The minimum absolute atomic E-state index is 0.124. The van der Waals surface area contributed by atoms with Gasteiger partial charge in [0.15, 0.2) is 9.84 Å². The molecule has 1 heterocycles. The number of rotatable bonds is 6. The Hall–Kier alpha value is -0.730. The van der Waals surface area contributed by atoms with Gasteiger partial charge in [-0.15, -0.1) is 0 Å². The van der Waals surface area contributed by atoms with Crippen molar-refractivity contribution in [3.8, 4) is 5.75 Å². The van der Waals surface area contributed by atoms with Gasteiger partial charge < -0.3 is 4.18 Å². The molecule has 1 aliphatic heterocycles. The van der Waals surface area contributed by atoms with E-state index in [1.807, 2.05) is 0 Å². The molecule has 1 atom stereocenters. The van der Waals surface area contributed by atoms with E-state index in [0.29, 0.717) is 0 Å². The van der Waals surface area contributed by atoms with E-state index in [0.717, 1.165) is 5.75 Å².